The number of carbonyl (C=O) groups is 1. The Labute approximate surface area is 189 Å². The van der Waals surface area contributed by atoms with E-state index in [1.165, 1.54) is 62.4 Å². The lowest BCUT2D eigenvalue weighted by Crippen LogP contribution is -2.47. The van der Waals surface area contributed by atoms with Gasteiger partial charge in [-0.2, -0.15) is 13.2 Å². The minimum atomic E-state index is -4.44. The second-order valence-electron chi connectivity index (χ2n) is 9.97. The molecule has 1 heterocycles. The molecule has 4 aliphatic carbocycles. The van der Waals surface area contributed by atoms with E-state index in [9.17, 15) is 18.0 Å². The molecule has 0 radical (unpaired) electrons. The molecule has 0 aliphatic heterocycles. The summed E-state index contributed by atoms with van der Waals surface area (Å²) in [6.45, 7) is 0. The van der Waals surface area contributed by atoms with E-state index in [0.717, 1.165) is 42.1 Å². The van der Waals surface area contributed by atoms with E-state index in [-0.39, 0.29) is 17.3 Å². The summed E-state index contributed by atoms with van der Waals surface area (Å²) in [5.41, 5.74) is -0.297. The molecule has 1 aromatic carbocycles. The molecule has 1 aromatic heterocycles. The highest BCUT2D eigenvalue weighted by Crippen LogP contribution is 2.61. The van der Waals surface area contributed by atoms with Crippen LogP contribution in [0.15, 0.2) is 29.4 Å². The molecular weight excluding hydrogens is 437 g/mol. The van der Waals surface area contributed by atoms with Gasteiger partial charge in [0.1, 0.15) is 5.82 Å². The predicted molar refractivity (Wildman–Crippen MR) is 116 cm³/mol. The Morgan fingerprint density at radius 2 is 1.81 bits per heavy atom. The molecule has 2 aromatic rings. The molecule has 0 saturated heterocycles. The fourth-order valence-corrected chi connectivity index (χ4v) is 7.30. The summed E-state index contributed by atoms with van der Waals surface area (Å²) in [5.74, 6) is 3.28. The van der Waals surface area contributed by atoms with E-state index < -0.39 is 11.7 Å². The summed E-state index contributed by atoms with van der Waals surface area (Å²) in [5, 5.41) is 11.9. The number of rotatable bonds is 6. The van der Waals surface area contributed by atoms with Crippen molar-refractivity contribution in [2.75, 3.05) is 11.1 Å². The van der Waals surface area contributed by atoms with Gasteiger partial charge in [-0.15, -0.1) is 10.2 Å². The van der Waals surface area contributed by atoms with Gasteiger partial charge in [0.15, 0.2) is 5.16 Å². The number of nitrogens with zero attached hydrogens (tertiary/aromatic N) is 3. The normalized spacial score (nSPS) is 28.8. The van der Waals surface area contributed by atoms with Crippen molar-refractivity contribution in [3.8, 4) is 0 Å². The van der Waals surface area contributed by atoms with Crippen molar-refractivity contribution in [1.29, 1.82) is 0 Å². The van der Waals surface area contributed by atoms with Crippen LogP contribution in [0.4, 0.5) is 18.9 Å². The molecule has 4 fully saturated rings. The number of hydrogen-bond donors (Lipinski definition) is 1. The van der Waals surface area contributed by atoms with Gasteiger partial charge >= 0.3 is 6.18 Å². The van der Waals surface area contributed by atoms with Crippen LogP contribution in [-0.4, -0.2) is 26.4 Å². The van der Waals surface area contributed by atoms with Crippen LogP contribution in [0.5, 0.6) is 0 Å². The zero-order valence-electron chi connectivity index (χ0n) is 18.0. The third kappa shape index (κ3) is 4.40. The van der Waals surface area contributed by atoms with E-state index in [0.29, 0.717) is 10.6 Å². The van der Waals surface area contributed by atoms with E-state index in [2.05, 4.69) is 15.5 Å². The fourth-order valence-electron chi connectivity index (χ4n) is 6.57. The molecule has 9 heteroatoms. The number of amides is 1. The van der Waals surface area contributed by atoms with Crippen molar-refractivity contribution in [2.24, 2.45) is 30.2 Å². The summed E-state index contributed by atoms with van der Waals surface area (Å²) in [4.78, 5) is 12.3. The molecule has 0 unspecified atom stereocenters. The number of aromatic nitrogens is 3. The third-order valence-corrected chi connectivity index (χ3v) is 8.45. The highest BCUT2D eigenvalue weighted by Gasteiger charge is 2.51. The average molecular weight is 465 g/mol. The van der Waals surface area contributed by atoms with Crippen molar-refractivity contribution in [1.82, 2.24) is 14.8 Å². The van der Waals surface area contributed by atoms with Gasteiger partial charge < -0.3 is 9.88 Å². The Hall–Kier alpha value is -2.03. The molecular formula is C23H27F3N4OS. The summed E-state index contributed by atoms with van der Waals surface area (Å²) in [7, 11) is 1.93. The second-order valence-corrected chi connectivity index (χ2v) is 10.9. The van der Waals surface area contributed by atoms with E-state index >= 15 is 0 Å². The molecule has 0 atom stereocenters. The molecule has 5 nitrogen and oxygen atoms in total. The highest BCUT2D eigenvalue weighted by atomic mass is 32.2. The first kappa shape index (κ1) is 21.8. The molecule has 0 spiro atoms. The van der Waals surface area contributed by atoms with Crippen LogP contribution in [0.25, 0.3) is 0 Å². The van der Waals surface area contributed by atoms with Crippen molar-refractivity contribution in [3.63, 3.8) is 0 Å². The van der Waals surface area contributed by atoms with Gasteiger partial charge in [-0.05, 0) is 79.9 Å². The molecule has 4 saturated carbocycles. The Kier molecular flexibility index (Phi) is 5.50. The maximum atomic E-state index is 12.9. The van der Waals surface area contributed by atoms with Gasteiger partial charge in [0.05, 0.1) is 11.3 Å². The standard InChI is InChI=1S/C23H27F3N4OS/c1-30-19(12-22-9-14-5-15(10-22)7-16(6-14)11-22)28-29-21(30)32-13-20(31)27-18-4-2-3-17(8-18)23(24,25)26/h2-4,8,14-16H,5-7,9-13H2,1H3,(H,27,31). The summed E-state index contributed by atoms with van der Waals surface area (Å²) >= 11 is 1.25. The topological polar surface area (TPSA) is 59.8 Å². The lowest BCUT2D eigenvalue weighted by molar-refractivity contribution is -0.137. The predicted octanol–water partition coefficient (Wildman–Crippen LogP) is 5.32. The lowest BCUT2D eigenvalue weighted by atomic mass is 9.49. The van der Waals surface area contributed by atoms with E-state index in [1.54, 1.807) is 0 Å². The van der Waals surface area contributed by atoms with E-state index in [1.807, 2.05) is 11.6 Å². The number of benzene rings is 1. The van der Waals surface area contributed by atoms with Crippen LogP contribution in [-0.2, 0) is 24.4 Å². The van der Waals surface area contributed by atoms with Crippen LogP contribution < -0.4 is 5.32 Å². The molecule has 1 amide bonds. The van der Waals surface area contributed by atoms with Crippen molar-refractivity contribution in [2.45, 2.75) is 56.3 Å². The first-order chi connectivity index (χ1) is 15.2. The van der Waals surface area contributed by atoms with Gasteiger partial charge in [-0.1, -0.05) is 17.8 Å². The summed E-state index contributed by atoms with van der Waals surface area (Å²) in [6, 6.07) is 4.65. The molecule has 172 valence electrons. The average Bonchev–Trinajstić information content (AvgIpc) is 3.04. The van der Waals surface area contributed by atoms with Crippen molar-refractivity contribution >= 4 is 23.4 Å². The number of nitrogens with one attached hydrogen (secondary N) is 1. The van der Waals surface area contributed by atoms with Crippen LogP contribution in [0, 0.1) is 23.2 Å². The molecule has 32 heavy (non-hydrogen) atoms. The number of halogens is 3. The Bertz CT molecular complexity index is 984. The first-order valence-corrected chi connectivity index (χ1v) is 12.2. The SMILES string of the molecule is Cn1c(CC23CC4CC(CC(C4)C2)C3)nnc1SCC(=O)Nc1cccc(C(F)(F)F)c1. The molecule has 6 rings (SSSR count). The molecule has 4 bridgehead atoms. The first-order valence-electron chi connectivity index (χ1n) is 11.2. The highest BCUT2D eigenvalue weighted by molar-refractivity contribution is 7.99. The molecule has 1 N–H and O–H groups in total. The quantitative estimate of drug-likeness (QED) is 0.588. The molecule has 4 aliphatic rings. The smallest absolute Gasteiger partial charge is 0.325 e. The van der Waals surface area contributed by atoms with Crippen LogP contribution in [0.3, 0.4) is 0 Å². The minimum Gasteiger partial charge on any atom is -0.325 e. The maximum absolute atomic E-state index is 12.9. The third-order valence-electron chi connectivity index (χ3n) is 7.43. The van der Waals surface area contributed by atoms with Crippen LogP contribution in [0.1, 0.15) is 49.9 Å². The zero-order valence-corrected chi connectivity index (χ0v) is 18.8. The summed E-state index contributed by atoms with van der Waals surface area (Å²) < 4.78 is 40.5. The monoisotopic (exact) mass is 464 g/mol. The number of carbonyl (C=O) groups excluding carboxylic acids is 1. The van der Waals surface area contributed by atoms with Crippen molar-refractivity contribution < 1.29 is 18.0 Å². The number of anilines is 1. The van der Waals surface area contributed by atoms with E-state index in [4.69, 9.17) is 0 Å². The lowest BCUT2D eigenvalue weighted by Gasteiger charge is -2.56. The largest absolute Gasteiger partial charge is 0.416 e. The van der Waals surface area contributed by atoms with Crippen molar-refractivity contribution in [3.05, 3.63) is 35.7 Å². The van der Waals surface area contributed by atoms with Gasteiger partial charge in [0, 0.05) is 19.2 Å². The number of hydrogen-bond acceptors (Lipinski definition) is 4. The second kappa shape index (κ2) is 8.08. The van der Waals surface area contributed by atoms with Gasteiger partial charge in [0.25, 0.3) is 0 Å². The van der Waals surface area contributed by atoms with Crippen LogP contribution >= 0.6 is 11.8 Å². The van der Waals surface area contributed by atoms with Gasteiger partial charge in [-0.3, -0.25) is 4.79 Å². The Morgan fingerprint density at radius 1 is 1.16 bits per heavy atom. The Balaban J connectivity index is 1.19. The van der Waals surface area contributed by atoms with Gasteiger partial charge in [-0.25, -0.2) is 0 Å². The van der Waals surface area contributed by atoms with Gasteiger partial charge in [0.2, 0.25) is 5.91 Å². The Morgan fingerprint density at radius 3 is 2.44 bits per heavy atom. The fraction of sp³-hybridized carbons (Fsp3) is 0.609. The minimum absolute atomic E-state index is 0.0551. The van der Waals surface area contributed by atoms with Crippen LogP contribution in [0.2, 0.25) is 0 Å². The zero-order chi connectivity index (χ0) is 22.5. The maximum Gasteiger partial charge on any atom is 0.416 e. The summed E-state index contributed by atoms with van der Waals surface area (Å²) in [6.07, 6.45) is 4.61. The number of thioether (sulfide) groups is 1. The number of alkyl halides is 3.